The largest absolute Gasteiger partial charge is 0.399 e. The molecule has 94 valence electrons. The molecule has 2 aromatic carbocycles. The van der Waals surface area contributed by atoms with Crippen molar-refractivity contribution in [3.8, 4) is 11.1 Å². The molecule has 0 unspecified atom stereocenters. The van der Waals surface area contributed by atoms with E-state index in [1.807, 2.05) is 0 Å². The van der Waals surface area contributed by atoms with Crippen LogP contribution < -0.4 is 11.5 Å². The Morgan fingerprint density at radius 1 is 0.889 bits per heavy atom. The van der Waals surface area contributed by atoms with Crippen LogP contribution >= 0.6 is 0 Å². The zero-order chi connectivity index (χ0) is 13.3. The molecule has 0 saturated carbocycles. The van der Waals surface area contributed by atoms with Crippen LogP contribution in [0, 0.1) is 0 Å². The number of benzene rings is 2. The number of nitrogen functional groups attached to an aromatic ring is 2. The first-order valence-electron chi connectivity index (χ1n) is 5.11. The van der Waals surface area contributed by atoms with E-state index in [0.29, 0.717) is 16.8 Å². The molecule has 0 fully saturated rings. The van der Waals surface area contributed by atoms with Gasteiger partial charge in [-0.3, -0.25) is 4.55 Å². The van der Waals surface area contributed by atoms with Gasteiger partial charge >= 0.3 is 0 Å². The highest BCUT2D eigenvalue weighted by Crippen LogP contribution is 2.29. The van der Waals surface area contributed by atoms with Crippen molar-refractivity contribution in [1.82, 2.24) is 0 Å². The topological polar surface area (TPSA) is 106 Å². The first-order valence-corrected chi connectivity index (χ1v) is 6.55. The molecule has 0 amide bonds. The average Bonchev–Trinajstić information content (AvgIpc) is 2.29. The molecular weight excluding hydrogens is 252 g/mol. The summed E-state index contributed by atoms with van der Waals surface area (Å²) in [6.07, 6.45) is 0. The number of hydrogen-bond acceptors (Lipinski definition) is 4. The second-order valence-corrected chi connectivity index (χ2v) is 5.24. The Morgan fingerprint density at radius 2 is 1.44 bits per heavy atom. The molecule has 0 heterocycles. The smallest absolute Gasteiger partial charge is 0.295 e. The number of hydrogen-bond donors (Lipinski definition) is 3. The molecule has 0 aliphatic rings. The Labute approximate surface area is 105 Å². The maximum absolute atomic E-state index is 11.3. The van der Waals surface area contributed by atoms with Crippen LogP contribution in [0.3, 0.4) is 0 Å². The third kappa shape index (κ3) is 2.44. The molecule has 0 spiro atoms. The highest BCUT2D eigenvalue weighted by atomic mass is 32.2. The lowest BCUT2D eigenvalue weighted by atomic mass is 10.1. The molecule has 0 saturated heterocycles. The van der Waals surface area contributed by atoms with Gasteiger partial charge in [-0.15, -0.1) is 0 Å². The van der Waals surface area contributed by atoms with E-state index in [0.717, 1.165) is 0 Å². The normalized spacial score (nSPS) is 11.4. The molecule has 0 bridgehead atoms. The SMILES string of the molecule is Nc1ccc(-c2ccc(N)cc2S(=O)(=O)O)cc1. The van der Waals surface area contributed by atoms with Gasteiger partial charge in [0.1, 0.15) is 4.90 Å². The summed E-state index contributed by atoms with van der Waals surface area (Å²) in [5.41, 5.74) is 13.0. The van der Waals surface area contributed by atoms with Gasteiger partial charge in [-0.05, 0) is 29.8 Å². The third-order valence-corrected chi connectivity index (χ3v) is 3.40. The van der Waals surface area contributed by atoms with E-state index in [2.05, 4.69) is 0 Å². The Kier molecular flexibility index (Phi) is 2.98. The maximum atomic E-state index is 11.3. The Bertz CT molecular complexity index is 679. The second-order valence-electron chi connectivity index (χ2n) is 3.85. The van der Waals surface area contributed by atoms with E-state index in [4.69, 9.17) is 11.5 Å². The highest BCUT2D eigenvalue weighted by molar-refractivity contribution is 7.86. The van der Waals surface area contributed by atoms with E-state index in [9.17, 15) is 13.0 Å². The molecular formula is C12H12N2O3S. The zero-order valence-electron chi connectivity index (χ0n) is 9.37. The Balaban J connectivity index is 2.68. The van der Waals surface area contributed by atoms with Crippen molar-refractivity contribution in [2.75, 3.05) is 11.5 Å². The fraction of sp³-hybridized carbons (Fsp3) is 0. The monoisotopic (exact) mass is 264 g/mol. The molecule has 2 aromatic rings. The summed E-state index contributed by atoms with van der Waals surface area (Å²) >= 11 is 0. The summed E-state index contributed by atoms with van der Waals surface area (Å²) in [5, 5.41) is 0. The maximum Gasteiger partial charge on any atom is 0.295 e. The molecule has 5 nitrogen and oxygen atoms in total. The summed E-state index contributed by atoms with van der Waals surface area (Å²) in [5.74, 6) is 0. The fourth-order valence-electron chi connectivity index (χ4n) is 1.65. The Hall–Kier alpha value is -2.05. The highest BCUT2D eigenvalue weighted by Gasteiger charge is 2.16. The molecule has 0 atom stereocenters. The lowest BCUT2D eigenvalue weighted by molar-refractivity contribution is 0.483. The minimum atomic E-state index is -4.33. The van der Waals surface area contributed by atoms with Crippen LogP contribution in [0.5, 0.6) is 0 Å². The van der Waals surface area contributed by atoms with Crippen LogP contribution in [0.15, 0.2) is 47.4 Å². The van der Waals surface area contributed by atoms with Gasteiger partial charge in [0.15, 0.2) is 0 Å². The van der Waals surface area contributed by atoms with Gasteiger partial charge in [-0.2, -0.15) is 8.42 Å². The molecule has 0 aliphatic carbocycles. The van der Waals surface area contributed by atoms with Crippen LogP contribution in [0.2, 0.25) is 0 Å². The van der Waals surface area contributed by atoms with Crippen molar-refractivity contribution >= 4 is 21.5 Å². The first kappa shape index (κ1) is 12.4. The van der Waals surface area contributed by atoms with E-state index in [1.165, 1.54) is 6.07 Å². The minimum absolute atomic E-state index is 0.215. The van der Waals surface area contributed by atoms with Crippen molar-refractivity contribution in [3.05, 3.63) is 42.5 Å². The summed E-state index contributed by atoms with van der Waals surface area (Å²) < 4.78 is 31.8. The molecule has 2 rings (SSSR count). The molecule has 6 heteroatoms. The summed E-state index contributed by atoms with van der Waals surface area (Å²) in [7, 11) is -4.33. The van der Waals surface area contributed by atoms with Gasteiger partial charge in [-0.25, -0.2) is 0 Å². The fourth-order valence-corrected chi connectivity index (χ4v) is 2.40. The van der Waals surface area contributed by atoms with Crippen LogP contribution in [0.25, 0.3) is 11.1 Å². The second kappa shape index (κ2) is 4.32. The predicted molar refractivity (Wildman–Crippen MR) is 70.5 cm³/mol. The van der Waals surface area contributed by atoms with Crippen LogP contribution in [-0.2, 0) is 10.1 Å². The van der Waals surface area contributed by atoms with E-state index in [1.54, 1.807) is 36.4 Å². The van der Waals surface area contributed by atoms with Gasteiger partial charge in [0, 0.05) is 16.9 Å². The summed E-state index contributed by atoms with van der Waals surface area (Å²) in [6.45, 7) is 0. The van der Waals surface area contributed by atoms with Crippen molar-refractivity contribution in [2.24, 2.45) is 0 Å². The van der Waals surface area contributed by atoms with Gasteiger partial charge in [0.25, 0.3) is 10.1 Å². The van der Waals surface area contributed by atoms with E-state index < -0.39 is 10.1 Å². The zero-order valence-corrected chi connectivity index (χ0v) is 10.2. The quantitative estimate of drug-likeness (QED) is 0.566. The molecule has 0 aliphatic heterocycles. The molecule has 5 N–H and O–H groups in total. The van der Waals surface area contributed by atoms with Crippen LogP contribution in [0.4, 0.5) is 11.4 Å². The lowest BCUT2D eigenvalue weighted by Gasteiger charge is -2.08. The standard InChI is InChI=1S/C12H12N2O3S/c13-9-3-1-8(2-4-9)11-6-5-10(14)7-12(11)18(15,16)17/h1-7H,13-14H2,(H,15,16,17). The Morgan fingerprint density at radius 3 is 2.00 bits per heavy atom. The predicted octanol–water partition coefficient (Wildman–Crippen LogP) is 1.76. The van der Waals surface area contributed by atoms with Gasteiger partial charge in [-0.1, -0.05) is 18.2 Å². The molecule has 0 radical (unpaired) electrons. The third-order valence-electron chi connectivity index (χ3n) is 2.51. The lowest BCUT2D eigenvalue weighted by Crippen LogP contribution is -2.02. The summed E-state index contributed by atoms with van der Waals surface area (Å²) in [4.78, 5) is -0.215. The van der Waals surface area contributed by atoms with Gasteiger partial charge < -0.3 is 11.5 Å². The first-order chi connectivity index (χ1) is 8.38. The number of rotatable bonds is 2. The number of anilines is 2. The molecule has 18 heavy (non-hydrogen) atoms. The van der Waals surface area contributed by atoms with Gasteiger partial charge in [0.2, 0.25) is 0 Å². The number of nitrogens with two attached hydrogens (primary N) is 2. The van der Waals surface area contributed by atoms with Crippen molar-refractivity contribution in [3.63, 3.8) is 0 Å². The van der Waals surface area contributed by atoms with Crippen molar-refractivity contribution in [2.45, 2.75) is 4.90 Å². The van der Waals surface area contributed by atoms with Gasteiger partial charge in [0.05, 0.1) is 0 Å². The molecule has 0 aromatic heterocycles. The van der Waals surface area contributed by atoms with Crippen LogP contribution in [0.1, 0.15) is 0 Å². The minimum Gasteiger partial charge on any atom is -0.399 e. The van der Waals surface area contributed by atoms with E-state index >= 15 is 0 Å². The van der Waals surface area contributed by atoms with Crippen molar-refractivity contribution in [1.29, 1.82) is 0 Å². The average molecular weight is 264 g/mol. The van der Waals surface area contributed by atoms with E-state index in [-0.39, 0.29) is 10.6 Å². The van der Waals surface area contributed by atoms with Crippen LogP contribution in [-0.4, -0.2) is 13.0 Å². The summed E-state index contributed by atoms with van der Waals surface area (Å²) in [6, 6.07) is 11.0. The van der Waals surface area contributed by atoms with Crippen molar-refractivity contribution < 1.29 is 13.0 Å².